The van der Waals surface area contributed by atoms with Crippen molar-refractivity contribution in [3.8, 4) is 23.0 Å². The van der Waals surface area contributed by atoms with Gasteiger partial charge < -0.3 is 18.6 Å². The van der Waals surface area contributed by atoms with E-state index < -0.39 is 34.7 Å². The minimum absolute atomic E-state index is 0.0129. The molecule has 0 spiro atoms. The number of fused-ring (bicyclic) bond motifs is 1. The molecule has 4 rings (SSSR count). The Labute approximate surface area is 226 Å². The van der Waals surface area contributed by atoms with E-state index in [0.717, 1.165) is 31.7 Å². The van der Waals surface area contributed by atoms with E-state index in [1.54, 1.807) is 18.2 Å². The van der Waals surface area contributed by atoms with Gasteiger partial charge in [-0.05, 0) is 55.0 Å². The molecule has 0 saturated carbocycles. The monoisotopic (exact) mass is 560 g/mol. The zero-order chi connectivity index (χ0) is 28.0. The molecule has 0 fully saturated rings. The Morgan fingerprint density at radius 1 is 0.949 bits per heavy atom. The van der Waals surface area contributed by atoms with E-state index in [1.165, 1.54) is 42.5 Å². The Morgan fingerprint density at radius 2 is 1.67 bits per heavy atom. The van der Waals surface area contributed by atoms with Gasteiger partial charge in [0.15, 0.2) is 0 Å². The summed E-state index contributed by atoms with van der Waals surface area (Å²) in [6.07, 6.45) is -0.785. The van der Waals surface area contributed by atoms with Crippen molar-refractivity contribution in [2.75, 3.05) is 6.61 Å². The fraction of sp³-hybridized carbons (Fsp3) is 0.241. The van der Waals surface area contributed by atoms with Gasteiger partial charge in [-0.25, -0.2) is 4.79 Å². The Bertz CT molecular complexity index is 1510. The molecule has 0 N–H and O–H groups in total. The van der Waals surface area contributed by atoms with Gasteiger partial charge in [0.2, 0.25) is 11.2 Å². The van der Waals surface area contributed by atoms with Gasteiger partial charge in [0.1, 0.15) is 22.8 Å². The molecule has 0 bridgehead atoms. The smallest absolute Gasteiger partial charge is 0.453 e. The van der Waals surface area contributed by atoms with Crippen molar-refractivity contribution in [3.05, 3.63) is 93.3 Å². The number of carbonyl (C=O) groups excluding carboxylic acids is 1. The summed E-state index contributed by atoms with van der Waals surface area (Å²) in [4.78, 5) is 25.6. The van der Waals surface area contributed by atoms with E-state index in [4.69, 9.17) is 30.2 Å². The highest BCUT2D eigenvalue weighted by Gasteiger charge is 2.40. The van der Waals surface area contributed by atoms with Crippen LogP contribution in [0.2, 0.25) is 5.02 Å². The van der Waals surface area contributed by atoms with Crippen molar-refractivity contribution in [2.24, 2.45) is 0 Å². The van der Waals surface area contributed by atoms with Gasteiger partial charge in [-0.1, -0.05) is 49.9 Å². The van der Waals surface area contributed by atoms with Crippen molar-refractivity contribution in [3.63, 3.8) is 0 Å². The summed E-state index contributed by atoms with van der Waals surface area (Å²) >= 11 is 5.98. The van der Waals surface area contributed by atoms with Crippen LogP contribution in [0.5, 0.6) is 23.0 Å². The van der Waals surface area contributed by atoms with Crippen molar-refractivity contribution in [1.82, 2.24) is 0 Å². The lowest BCUT2D eigenvalue weighted by Crippen LogP contribution is -2.15. The number of unbranched alkanes of at least 4 members (excludes halogenated alkanes) is 3. The molecule has 39 heavy (non-hydrogen) atoms. The predicted octanol–water partition coefficient (Wildman–Crippen LogP) is 8.44. The minimum atomic E-state index is -5.06. The number of hydrogen-bond acceptors (Lipinski definition) is 6. The van der Waals surface area contributed by atoms with Crippen LogP contribution in [-0.2, 0) is 6.18 Å². The summed E-state index contributed by atoms with van der Waals surface area (Å²) < 4.78 is 62.7. The zero-order valence-electron chi connectivity index (χ0n) is 20.8. The maximum Gasteiger partial charge on any atom is 0.453 e. The lowest BCUT2D eigenvalue weighted by molar-refractivity contribution is -0.154. The Balaban J connectivity index is 1.55. The molecule has 10 heteroatoms. The molecule has 0 saturated heterocycles. The lowest BCUT2D eigenvalue weighted by Gasteiger charge is -2.14. The Hall–Kier alpha value is -3.98. The summed E-state index contributed by atoms with van der Waals surface area (Å²) in [7, 11) is 0. The standard InChI is InChI=1S/C29H24ClF3O6/c1-2-3-4-7-16-36-19-12-10-18(11-13-19)28(35)37-20-14-15-21-24(17-20)39-27(29(31,32)33)26(25(21)34)38-23-9-6-5-8-22(23)30/h5-6,8-15,17H,2-4,7,16H2,1H3. The van der Waals surface area contributed by atoms with Crippen LogP contribution in [0.4, 0.5) is 13.2 Å². The van der Waals surface area contributed by atoms with Crippen LogP contribution in [0.1, 0.15) is 48.7 Å². The first-order valence-electron chi connectivity index (χ1n) is 12.2. The summed E-state index contributed by atoms with van der Waals surface area (Å²) in [6.45, 7) is 2.69. The third kappa shape index (κ3) is 6.92. The molecule has 0 aliphatic carbocycles. The van der Waals surface area contributed by atoms with Gasteiger partial charge in [0.25, 0.3) is 5.76 Å². The average Bonchev–Trinajstić information content (AvgIpc) is 2.91. The highest BCUT2D eigenvalue weighted by atomic mass is 35.5. The van der Waals surface area contributed by atoms with E-state index in [0.29, 0.717) is 12.4 Å². The van der Waals surface area contributed by atoms with Gasteiger partial charge in [0.05, 0.1) is 22.6 Å². The van der Waals surface area contributed by atoms with E-state index >= 15 is 0 Å². The van der Waals surface area contributed by atoms with Crippen LogP contribution in [-0.4, -0.2) is 12.6 Å². The first-order chi connectivity index (χ1) is 18.7. The Morgan fingerprint density at radius 3 is 2.36 bits per heavy atom. The molecule has 1 heterocycles. The second-order valence-corrected chi connectivity index (χ2v) is 9.01. The number of esters is 1. The molecule has 0 aliphatic rings. The number of alkyl halides is 3. The molecule has 0 atom stereocenters. The normalized spacial score (nSPS) is 11.4. The zero-order valence-corrected chi connectivity index (χ0v) is 21.6. The number of hydrogen-bond donors (Lipinski definition) is 0. The third-order valence-electron chi connectivity index (χ3n) is 5.70. The first-order valence-corrected chi connectivity index (χ1v) is 12.6. The second kappa shape index (κ2) is 12.3. The first kappa shape index (κ1) is 28.0. The summed E-state index contributed by atoms with van der Waals surface area (Å²) in [5.74, 6) is -3.10. The fourth-order valence-corrected chi connectivity index (χ4v) is 3.88. The molecule has 4 aromatic rings. The van der Waals surface area contributed by atoms with Gasteiger partial charge in [0, 0.05) is 6.07 Å². The van der Waals surface area contributed by atoms with E-state index in [9.17, 15) is 22.8 Å². The minimum Gasteiger partial charge on any atom is -0.494 e. The summed E-state index contributed by atoms with van der Waals surface area (Å²) in [6, 6.07) is 15.6. The molecule has 0 amide bonds. The molecule has 0 unspecified atom stereocenters. The van der Waals surface area contributed by atoms with Crippen LogP contribution >= 0.6 is 11.6 Å². The molecule has 204 valence electrons. The number of rotatable bonds is 10. The summed E-state index contributed by atoms with van der Waals surface area (Å²) in [5, 5.41) is -0.191. The van der Waals surface area contributed by atoms with Crippen LogP contribution in [0.3, 0.4) is 0 Å². The van der Waals surface area contributed by atoms with Crippen molar-refractivity contribution in [1.29, 1.82) is 0 Å². The van der Waals surface area contributed by atoms with E-state index in [1.807, 2.05) is 0 Å². The highest BCUT2D eigenvalue weighted by Crippen LogP contribution is 2.39. The quantitative estimate of drug-likeness (QED) is 0.110. The molecule has 0 radical (unpaired) electrons. The fourth-order valence-electron chi connectivity index (χ4n) is 3.71. The topological polar surface area (TPSA) is 75.0 Å². The van der Waals surface area contributed by atoms with Gasteiger partial charge in [-0.3, -0.25) is 4.79 Å². The van der Waals surface area contributed by atoms with Crippen molar-refractivity contribution < 1.29 is 36.6 Å². The number of benzene rings is 3. The van der Waals surface area contributed by atoms with Crippen LogP contribution in [0, 0.1) is 0 Å². The average molecular weight is 561 g/mol. The number of carbonyl (C=O) groups is 1. The second-order valence-electron chi connectivity index (χ2n) is 8.60. The number of ether oxygens (including phenoxy) is 3. The maximum absolute atomic E-state index is 13.8. The molecule has 0 aliphatic heterocycles. The maximum atomic E-state index is 13.8. The van der Waals surface area contributed by atoms with Crippen LogP contribution in [0.25, 0.3) is 11.0 Å². The largest absolute Gasteiger partial charge is 0.494 e. The van der Waals surface area contributed by atoms with Gasteiger partial charge >= 0.3 is 12.1 Å². The van der Waals surface area contributed by atoms with Gasteiger partial charge in [-0.15, -0.1) is 0 Å². The predicted molar refractivity (Wildman–Crippen MR) is 140 cm³/mol. The highest BCUT2D eigenvalue weighted by molar-refractivity contribution is 6.32. The molecular formula is C29H24ClF3O6. The molecule has 6 nitrogen and oxygen atoms in total. The summed E-state index contributed by atoms with van der Waals surface area (Å²) in [5.41, 5.74) is -1.29. The lowest BCUT2D eigenvalue weighted by atomic mass is 10.2. The molecular weight excluding hydrogens is 537 g/mol. The molecule has 1 aromatic heterocycles. The molecule has 3 aromatic carbocycles. The van der Waals surface area contributed by atoms with Crippen LogP contribution in [0.15, 0.2) is 75.9 Å². The Kier molecular flexibility index (Phi) is 8.81. The van der Waals surface area contributed by atoms with E-state index in [2.05, 4.69) is 6.92 Å². The van der Waals surface area contributed by atoms with Crippen molar-refractivity contribution >= 4 is 28.5 Å². The van der Waals surface area contributed by atoms with Crippen molar-refractivity contribution in [2.45, 2.75) is 38.8 Å². The van der Waals surface area contributed by atoms with Gasteiger partial charge in [-0.2, -0.15) is 13.2 Å². The number of para-hydroxylation sites is 1. The SMILES string of the molecule is CCCCCCOc1ccc(C(=O)Oc2ccc3c(=O)c(Oc4ccccc4Cl)c(C(F)(F)F)oc3c2)cc1. The van der Waals surface area contributed by atoms with E-state index in [-0.39, 0.29) is 27.5 Å². The number of halogens is 4. The third-order valence-corrected chi connectivity index (χ3v) is 6.01. The van der Waals surface area contributed by atoms with Crippen LogP contribution < -0.4 is 19.6 Å².